The third-order valence-electron chi connectivity index (χ3n) is 4.55. The van der Waals surface area contributed by atoms with Gasteiger partial charge in [-0.05, 0) is 39.0 Å². The van der Waals surface area contributed by atoms with E-state index in [-0.39, 0.29) is 5.56 Å². The zero-order valence-corrected chi connectivity index (χ0v) is 13.6. The highest BCUT2D eigenvalue weighted by Crippen LogP contribution is 2.41. The summed E-state index contributed by atoms with van der Waals surface area (Å²) in [5, 5.41) is 0.747. The van der Waals surface area contributed by atoms with E-state index in [9.17, 15) is 4.79 Å². The van der Waals surface area contributed by atoms with Gasteiger partial charge in [-0.15, -0.1) is 0 Å². The normalized spacial score (nSPS) is 17.0. The lowest BCUT2D eigenvalue weighted by atomic mass is 10.2. The molecule has 6 heteroatoms. The second kappa shape index (κ2) is 5.57. The molecule has 0 saturated heterocycles. The molecule has 2 aliphatic carbocycles. The lowest BCUT2D eigenvalue weighted by Crippen LogP contribution is -2.15. The van der Waals surface area contributed by atoms with Crippen LogP contribution in [-0.4, -0.2) is 19.5 Å². The van der Waals surface area contributed by atoms with Crippen LogP contribution in [0.25, 0.3) is 0 Å². The van der Waals surface area contributed by atoms with Crippen molar-refractivity contribution < 1.29 is 0 Å². The van der Waals surface area contributed by atoms with Crippen molar-refractivity contribution in [3.8, 4) is 0 Å². The Bertz CT molecular complexity index is 760. The maximum Gasteiger partial charge on any atom is 0.254 e. The van der Waals surface area contributed by atoms with Crippen LogP contribution in [0.15, 0.2) is 16.3 Å². The van der Waals surface area contributed by atoms with E-state index in [1.807, 2.05) is 6.33 Å². The minimum atomic E-state index is 0.0522. The third-order valence-corrected chi connectivity index (χ3v) is 5.43. The van der Waals surface area contributed by atoms with Crippen LogP contribution < -0.4 is 5.56 Å². The van der Waals surface area contributed by atoms with E-state index in [2.05, 4.69) is 26.4 Å². The van der Waals surface area contributed by atoms with Crippen molar-refractivity contribution in [3.05, 3.63) is 39.3 Å². The molecular weight excluding hydrogens is 296 g/mol. The zero-order chi connectivity index (χ0) is 15.1. The van der Waals surface area contributed by atoms with Crippen LogP contribution in [0.2, 0.25) is 0 Å². The van der Waals surface area contributed by atoms with Crippen molar-refractivity contribution in [1.29, 1.82) is 0 Å². The molecule has 2 aromatic rings. The summed E-state index contributed by atoms with van der Waals surface area (Å²) in [7, 11) is 0. The number of hydrogen-bond donors (Lipinski definition) is 1. The molecular formula is C16H20N4OS. The minimum Gasteiger partial charge on any atom is -0.334 e. The van der Waals surface area contributed by atoms with Gasteiger partial charge in [0.1, 0.15) is 0 Å². The number of fused-ring (bicyclic) bond motifs is 1. The van der Waals surface area contributed by atoms with Crippen molar-refractivity contribution in [2.45, 2.75) is 62.4 Å². The largest absolute Gasteiger partial charge is 0.334 e. The number of nitrogens with one attached hydrogen (secondary N) is 1. The fraction of sp³-hybridized carbons (Fsp3) is 0.562. The Kier molecular flexibility index (Phi) is 3.56. The molecule has 0 aromatic carbocycles. The Labute approximate surface area is 133 Å². The van der Waals surface area contributed by atoms with Gasteiger partial charge in [0.05, 0.1) is 23.4 Å². The van der Waals surface area contributed by atoms with Crippen molar-refractivity contribution in [2.24, 2.45) is 0 Å². The first-order valence-electron chi connectivity index (χ1n) is 8.05. The van der Waals surface area contributed by atoms with E-state index in [1.165, 1.54) is 24.2 Å². The first kappa shape index (κ1) is 14.1. The van der Waals surface area contributed by atoms with E-state index in [0.717, 1.165) is 48.0 Å². The summed E-state index contributed by atoms with van der Waals surface area (Å²) >= 11 is 1.62. The molecule has 1 saturated carbocycles. The van der Waals surface area contributed by atoms with Crippen molar-refractivity contribution >= 4 is 11.8 Å². The SMILES string of the molecule is CCn1cnc(C2CC2)c1CSc1nc2c(c(=O)[nH]1)CCC2. The minimum absolute atomic E-state index is 0.0522. The van der Waals surface area contributed by atoms with Crippen LogP contribution in [0, 0.1) is 0 Å². The molecule has 0 aliphatic heterocycles. The first-order chi connectivity index (χ1) is 10.8. The molecule has 0 unspecified atom stereocenters. The van der Waals surface area contributed by atoms with Gasteiger partial charge < -0.3 is 9.55 Å². The summed E-state index contributed by atoms with van der Waals surface area (Å²) < 4.78 is 2.21. The van der Waals surface area contributed by atoms with Gasteiger partial charge in [-0.25, -0.2) is 9.97 Å². The lowest BCUT2D eigenvalue weighted by Gasteiger charge is -2.08. The van der Waals surface area contributed by atoms with Crippen molar-refractivity contribution in [1.82, 2.24) is 19.5 Å². The zero-order valence-electron chi connectivity index (χ0n) is 12.8. The van der Waals surface area contributed by atoms with Crippen LogP contribution in [0.3, 0.4) is 0 Å². The van der Waals surface area contributed by atoms with Gasteiger partial charge in [-0.1, -0.05) is 11.8 Å². The summed E-state index contributed by atoms with van der Waals surface area (Å²) in [5.41, 5.74) is 4.48. The number of aryl methyl sites for hydroxylation is 2. The number of hydrogen-bond acceptors (Lipinski definition) is 4. The fourth-order valence-electron chi connectivity index (χ4n) is 3.17. The highest BCUT2D eigenvalue weighted by Gasteiger charge is 2.29. The van der Waals surface area contributed by atoms with Gasteiger partial charge in [0.15, 0.2) is 5.16 Å². The topological polar surface area (TPSA) is 63.6 Å². The van der Waals surface area contributed by atoms with Gasteiger partial charge in [0, 0.05) is 23.8 Å². The quantitative estimate of drug-likeness (QED) is 0.680. The molecule has 2 aliphatic rings. The summed E-state index contributed by atoms with van der Waals surface area (Å²) in [4.78, 5) is 24.2. The van der Waals surface area contributed by atoms with Crippen LogP contribution >= 0.6 is 11.8 Å². The number of nitrogens with zero attached hydrogens (tertiary/aromatic N) is 3. The van der Waals surface area contributed by atoms with Crippen LogP contribution in [0.5, 0.6) is 0 Å². The van der Waals surface area contributed by atoms with Gasteiger partial charge in [-0.2, -0.15) is 0 Å². The molecule has 5 nitrogen and oxygen atoms in total. The third kappa shape index (κ3) is 2.49. The fourth-order valence-corrected chi connectivity index (χ4v) is 4.10. The number of thioether (sulfide) groups is 1. The monoisotopic (exact) mass is 316 g/mol. The van der Waals surface area contributed by atoms with E-state index in [4.69, 9.17) is 0 Å². The summed E-state index contributed by atoms with van der Waals surface area (Å²) in [6, 6.07) is 0. The molecule has 0 spiro atoms. The number of aromatic amines is 1. The highest BCUT2D eigenvalue weighted by molar-refractivity contribution is 7.98. The van der Waals surface area contributed by atoms with Crippen molar-refractivity contribution in [3.63, 3.8) is 0 Å². The number of aromatic nitrogens is 4. The highest BCUT2D eigenvalue weighted by atomic mass is 32.2. The molecule has 1 fully saturated rings. The molecule has 2 heterocycles. The molecule has 0 radical (unpaired) electrons. The molecule has 0 amide bonds. The van der Waals surface area contributed by atoms with Crippen molar-refractivity contribution in [2.75, 3.05) is 0 Å². The average molecular weight is 316 g/mol. The number of imidazole rings is 1. The van der Waals surface area contributed by atoms with Crippen LogP contribution in [0.4, 0.5) is 0 Å². The van der Waals surface area contributed by atoms with E-state index in [1.54, 1.807) is 11.8 Å². The maximum absolute atomic E-state index is 12.1. The molecule has 4 rings (SSSR count). The maximum atomic E-state index is 12.1. The van der Waals surface area contributed by atoms with Crippen LogP contribution in [0.1, 0.15) is 54.7 Å². The Morgan fingerprint density at radius 1 is 1.41 bits per heavy atom. The second-order valence-electron chi connectivity index (χ2n) is 6.08. The molecule has 116 valence electrons. The van der Waals surface area contributed by atoms with Gasteiger partial charge >= 0.3 is 0 Å². The standard InChI is InChI=1S/C16H20N4OS/c1-2-20-9-17-14(10-6-7-10)13(20)8-22-16-18-12-5-3-4-11(12)15(21)19-16/h9-10H,2-8H2,1H3,(H,18,19,21). The Morgan fingerprint density at radius 2 is 2.27 bits per heavy atom. The predicted molar refractivity (Wildman–Crippen MR) is 86.3 cm³/mol. The predicted octanol–water partition coefficient (Wildman–Crippen LogP) is 2.64. The van der Waals surface area contributed by atoms with Gasteiger partial charge in [0.2, 0.25) is 0 Å². The molecule has 0 bridgehead atoms. The molecule has 22 heavy (non-hydrogen) atoms. The number of rotatable bonds is 5. The number of H-pyrrole nitrogens is 1. The van der Waals surface area contributed by atoms with Crippen LogP contribution in [-0.2, 0) is 25.1 Å². The molecule has 1 N–H and O–H groups in total. The summed E-state index contributed by atoms with van der Waals surface area (Å²) in [6.45, 7) is 3.08. The van der Waals surface area contributed by atoms with E-state index in [0.29, 0.717) is 5.92 Å². The Hall–Kier alpha value is -1.56. The Morgan fingerprint density at radius 3 is 3.05 bits per heavy atom. The summed E-state index contributed by atoms with van der Waals surface area (Å²) in [6.07, 6.45) is 7.32. The second-order valence-corrected chi connectivity index (χ2v) is 7.04. The van der Waals surface area contributed by atoms with Gasteiger partial charge in [0.25, 0.3) is 5.56 Å². The first-order valence-corrected chi connectivity index (χ1v) is 9.03. The average Bonchev–Trinajstić information content (AvgIpc) is 3.10. The lowest BCUT2D eigenvalue weighted by molar-refractivity contribution is 0.730. The summed E-state index contributed by atoms with van der Waals surface area (Å²) in [5.74, 6) is 1.47. The Balaban J connectivity index is 1.57. The molecule has 2 aromatic heterocycles. The van der Waals surface area contributed by atoms with Gasteiger partial charge in [-0.3, -0.25) is 4.79 Å². The smallest absolute Gasteiger partial charge is 0.254 e. The molecule has 0 atom stereocenters. The van der Waals surface area contributed by atoms with E-state index < -0.39 is 0 Å². The van der Waals surface area contributed by atoms with E-state index >= 15 is 0 Å².